The molecule has 0 saturated carbocycles. The van der Waals surface area contributed by atoms with Crippen molar-refractivity contribution in [2.24, 2.45) is 0 Å². The number of nitrogens with one attached hydrogen (secondary N) is 1. The molecule has 2 amide bonds. The van der Waals surface area contributed by atoms with Crippen molar-refractivity contribution < 1.29 is 28.4 Å². The first-order chi connectivity index (χ1) is 18.7. The lowest BCUT2D eigenvalue weighted by molar-refractivity contribution is -0.384. The number of thiocarbonyl (C=S) groups is 1. The van der Waals surface area contributed by atoms with Crippen LogP contribution in [0.3, 0.4) is 0 Å². The van der Waals surface area contributed by atoms with E-state index in [0.717, 1.165) is 4.90 Å². The number of carbonyl (C=O) groups is 2. The molecule has 0 aliphatic carbocycles. The maximum Gasteiger partial charge on any atom is 0.270 e. The molecule has 1 fully saturated rings. The predicted octanol–water partition coefficient (Wildman–Crippen LogP) is 4.88. The van der Waals surface area contributed by atoms with Gasteiger partial charge in [0.25, 0.3) is 17.5 Å². The van der Waals surface area contributed by atoms with Gasteiger partial charge in [-0.2, -0.15) is 0 Å². The molecular formula is C28H22FN3O6S. The molecule has 1 saturated heterocycles. The van der Waals surface area contributed by atoms with Crippen molar-refractivity contribution in [3.05, 3.63) is 112 Å². The third kappa shape index (κ3) is 5.99. The molecule has 11 heteroatoms. The molecular weight excluding hydrogens is 525 g/mol. The second-order valence-electron chi connectivity index (χ2n) is 8.35. The first-order valence-corrected chi connectivity index (χ1v) is 12.0. The van der Waals surface area contributed by atoms with Crippen LogP contribution in [0.2, 0.25) is 0 Å². The number of non-ortho nitro benzene ring substituents is 1. The van der Waals surface area contributed by atoms with Gasteiger partial charge in [0.15, 0.2) is 16.6 Å². The molecule has 0 unspecified atom stereocenters. The zero-order valence-electron chi connectivity index (χ0n) is 20.7. The number of amides is 2. The molecule has 39 heavy (non-hydrogen) atoms. The highest BCUT2D eigenvalue weighted by Gasteiger charge is 2.34. The van der Waals surface area contributed by atoms with Gasteiger partial charge in [-0.15, -0.1) is 6.58 Å². The molecule has 1 N–H and O–H groups in total. The molecule has 1 heterocycles. The molecule has 4 rings (SSSR count). The summed E-state index contributed by atoms with van der Waals surface area (Å²) in [6.45, 7) is 3.90. The average molecular weight is 548 g/mol. The summed E-state index contributed by atoms with van der Waals surface area (Å²) in [6, 6.07) is 14.5. The van der Waals surface area contributed by atoms with E-state index < -0.39 is 22.6 Å². The second-order valence-corrected chi connectivity index (χ2v) is 8.74. The minimum atomic E-state index is -0.675. The van der Waals surface area contributed by atoms with Crippen molar-refractivity contribution in [3.63, 3.8) is 0 Å². The number of halogens is 1. The van der Waals surface area contributed by atoms with Gasteiger partial charge in [-0.25, -0.2) is 4.39 Å². The molecule has 1 aliphatic rings. The molecule has 3 aromatic rings. The number of hydrogen-bond acceptors (Lipinski definition) is 7. The zero-order valence-corrected chi connectivity index (χ0v) is 21.5. The Bertz CT molecular complexity index is 1500. The maximum absolute atomic E-state index is 13.4. The van der Waals surface area contributed by atoms with Gasteiger partial charge in [0.2, 0.25) is 0 Å². The minimum Gasteiger partial charge on any atom is -0.493 e. The van der Waals surface area contributed by atoms with E-state index in [1.165, 1.54) is 49.6 Å². The van der Waals surface area contributed by atoms with E-state index in [4.69, 9.17) is 21.7 Å². The van der Waals surface area contributed by atoms with E-state index in [1.54, 1.807) is 30.3 Å². The average Bonchev–Trinajstić information content (AvgIpc) is 2.91. The van der Waals surface area contributed by atoms with Gasteiger partial charge in [-0.05, 0) is 84.4 Å². The molecule has 0 radical (unpaired) electrons. The van der Waals surface area contributed by atoms with E-state index in [-0.39, 0.29) is 23.0 Å². The van der Waals surface area contributed by atoms with Gasteiger partial charge >= 0.3 is 0 Å². The van der Waals surface area contributed by atoms with Gasteiger partial charge in [0.05, 0.1) is 17.7 Å². The summed E-state index contributed by atoms with van der Waals surface area (Å²) in [6.07, 6.45) is 3.46. The molecule has 3 aromatic carbocycles. The van der Waals surface area contributed by atoms with Gasteiger partial charge in [-0.3, -0.25) is 29.9 Å². The van der Waals surface area contributed by atoms with E-state index in [2.05, 4.69) is 11.9 Å². The number of benzene rings is 3. The Morgan fingerprint density at radius 3 is 2.44 bits per heavy atom. The van der Waals surface area contributed by atoms with Gasteiger partial charge in [0, 0.05) is 17.7 Å². The van der Waals surface area contributed by atoms with Crippen LogP contribution in [-0.4, -0.2) is 29.0 Å². The fraction of sp³-hybridized carbons (Fsp3) is 0.107. The standard InChI is InChI=1S/C28H22FN3O6S/c1-3-4-19-13-18(15-24(37-2)25(19)38-16-17-5-9-22(10-6-17)32(35)36)14-23-26(33)30-28(39)31(27(23)34)21-11-7-20(29)8-12-21/h3,5-15H,1,4,16H2,2H3,(H,30,33,39)/b23-14-. The Hall–Kier alpha value is -4.90. The van der Waals surface area contributed by atoms with Gasteiger partial charge < -0.3 is 9.47 Å². The molecule has 198 valence electrons. The number of nitro benzene ring substituents is 1. The molecule has 1 aliphatic heterocycles. The van der Waals surface area contributed by atoms with Crippen molar-refractivity contribution >= 4 is 46.6 Å². The molecule has 0 aromatic heterocycles. The quantitative estimate of drug-likeness (QED) is 0.102. The third-order valence-electron chi connectivity index (χ3n) is 5.77. The topological polar surface area (TPSA) is 111 Å². The van der Waals surface area contributed by atoms with Crippen LogP contribution in [0.5, 0.6) is 11.5 Å². The number of ether oxygens (including phenoxy) is 2. The van der Waals surface area contributed by atoms with Crippen LogP contribution in [0.4, 0.5) is 15.8 Å². The van der Waals surface area contributed by atoms with Crippen molar-refractivity contribution in [2.75, 3.05) is 12.0 Å². The van der Waals surface area contributed by atoms with Crippen LogP contribution in [0, 0.1) is 15.9 Å². The van der Waals surface area contributed by atoms with Gasteiger partial charge in [-0.1, -0.05) is 6.08 Å². The first kappa shape index (κ1) is 27.1. The van der Waals surface area contributed by atoms with Gasteiger partial charge in [0.1, 0.15) is 18.0 Å². The van der Waals surface area contributed by atoms with Crippen LogP contribution in [-0.2, 0) is 22.6 Å². The number of hydrogen-bond donors (Lipinski definition) is 1. The Morgan fingerprint density at radius 2 is 1.82 bits per heavy atom. The van der Waals surface area contributed by atoms with E-state index in [0.29, 0.717) is 40.3 Å². The lowest BCUT2D eigenvalue weighted by Crippen LogP contribution is -2.54. The SMILES string of the molecule is C=CCc1cc(/C=C2/C(=O)NC(=S)N(c3ccc(F)cc3)C2=O)cc(OC)c1OCc1ccc([N+](=O)[O-])cc1. The Kier molecular flexibility index (Phi) is 8.11. The van der Waals surface area contributed by atoms with Crippen molar-refractivity contribution in [1.29, 1.82) is 0 Å². The fourth-order valence-corrected chi connectivity index (χ4v) is 4.19. The third-order valence-corrected chi connectivity index (χ3v) is 6.05. The summed E-state index contributed by atoms with van der Waals surface area (Å²) >= 11 is 5.19. The molecule has 9 nitrogen and oxygen atoms in total. The summed E-state index contributed by atoms with van der Waals surface area (Å²) in [5, 5.41) is 13.3. The first-order valence-electron chi connectivity index (χ1n) is 11.6. The summed E-state index contributed by atoms with van der Waals surface area (Å²) in [5.74, 6) is -1.06. The highest BCUT2D eigenvalue weighted by atomic mass is 32.1. The van der Waals surface area contributed by atoms with Crippen LogP contribution < -0.4 is 19.7 Å². The van der Waals surface area contributed by atoms with Crippen molar-refractivity contribution in [2.45, 2.75) is 13.0 Å². The lowest BCUT2D eigenvalue weighted by atomic mass is 10.0. The highest BCUT2D eigenvalue weighted by molar-refractivity contribution is 7.80. The maximum atomic E-state index is 13.4. The largest absolute Gasteiger partial charge is 0.493 e. The zero-order chi connectivity index (χ0) is 28.1. The Balaban J connectivity index is 1.66. The minimum absolute atomic E-state index is 0.0267. The lowest BCUT2D eigenvalue weighted by Gasteiger charge is -2.29. The number of methoxy groups -OCH3 is 1. The molecule has 0 bridgehead atoms. The number of rotatable bonds is 9. The van der Waals surface area contributed by atoms with E-state index in [9.17, 15) is 24.1 Å². The number of carbonyl (C=O) groups excluding carboxylic acids is 2. The number of allylic oxidation sites excluding steroid dienone is 1. The Labute approximate surface area is 228 Å². The van der Waals surface area contributed by atoms with Crippen molar-refractivity contribution in [3.8, 4) is 11.5 Å². The summed E-state index contributed by atoms with van der Waals surface area (Å²) in [5.41, 5.74) is 1.96. The monoisotopic (exact) mass is 547 g/mol. The summed E-state index contributed by atoms with van der Waals surface area (Å²) in [7, 11) is 1.45. The molecule has 0 spiro atoms. The number of anilines is 1. The second kappa shape index (κ2) is 11.7. The van der Waals surface area contributed by atoms with Crippen LogP contribution in [0.1, 0.15) is 16.7 Å². The smallest absolute Gasteiger partial charge is 0.270 e. The predicted molar refractivity (Wildman–Crippen MR) is 147 cm³/mol. The Morgan fingerprint density at radius 1 is 1.13 bits per heavy atom. The number of nitrogens with zero attached hydrogens (tertiary/aromatic N) is 2. The summed E-state index contributed by atoms with van der Waals surface area (Å²) < 4.78 is 25.0. The van der Waals surface area contributed by atoms with Crippen LogP contribution >= 0.6 is 12.2 Å². The fourth-order valence-electron chi connectivity index (χ4n) is 3.91. The highest BCUT2D eigenvalue weighted by Crippen LogP contribution is 2.35. The van der Waals surface area contributed by atoms with Crippen molar-refractivity contribution in [1.82, 2.24) is 5.32 Å². The van der Waals surface area contributed by atoms with Crippen LogP contribution in [0.15, 0.2) is 78.9 Å². The van der Waals surface area contributed by atoms with E-state index >= 15 is 0 Å². The number of nitro groups is 1. The molecule has 0 atom stereocenters. The van der Waals surface area contributed by atoms with Crippen LogP contribution in [0.25, 0.3) is 6.08 Å². The van der Waals surface area contributed by atoms with E-state index in [1.807, 2.05) is 0 Å². The summed E-state index contributed by atoms with van der Waals surface area (Å²) in [4.78, 5) is 37.6. The normalized spacial score (nSPS) is 14.3.